The van der Waals surface area contributed by atoms with Gasteiger partial charge in [-0.05, 0) is 27.7 Å². The molecule has 0 aliphatic heterocycles. The summed E-state index contributed by atoms with van der Waals surface area (Å²) in [4.78, 5) is 15.9. The first-order valence-corrected chi connectivity index (χ1v) is 5.81. The molecule has 0 saturated heterocycles. The molecule has 0 aliphatic carbocycles. The van der Waals surface area contributed by atoms with Crippen molar-refractivity contribution in [2.75, 3.05) is 6.54 Å². The minimum Gasteiger partial charge on any atom is -0.350 e. The molecule has 0 aromatic carbocycles. The third kappa shape index (κ3) is 4.56. The summed E-state index contributed by atoms with van der Waals surface area (Å²) >= 11 is 0. The summed E-state index contributed by atoms with van der Waals surface area (Å²) in [7, 11) is 1.94. The van der Waals surface area contributed by atoms with Crippen LogP contribution in [0.4, 0.5) is 0 Å². The number of carbonyl (C=O) groups excluding carboxylic acids is 1. The summed E-state index contributed by atoms with van der Waals surface area (Å²) in [6.45, 7) is 8.19. The third-order valence-corrected chi connectivity index (χ3v) is 2.33. The molecule has 1 aromatic heterocycles. The predicted octanol–water partition coefficient (Wildman–Crippen LogP) is 0.985. The molecule has 0 spiro atoms. The molecule has 1 unspecified atom stereocenters. The first kappa shape index (κ1) is 13.7. The lowest BCUT2D eigenvalue weighted by atomic mass is 10.1. The third-order valence-electron chi connectivity index (χ3n) is 2.33. The summed E-state index contributed by atoms with van der Waals surface area (Å²) in [5.74, 6) is 0.923. The Hall–Kier alpha value is -1.36. The second-order valence-electron chi connectivity index (χ2n) is 5.30. The van der Waals surface area contributed by atoms with Crippen LogP contribution in [0.5, 0.6) is 0 Å². The quantitative estimate of drug-likeness (QED) is 0.822. The number of aryl methyl sites for hydroxylation is 1. The Kier molecular flexibility index (Phi) is 4.28. The molecular weight excluding hydrogens is 216 g/mol. The van der Waals surface area contributed by atoms with Crippen molar-refractivity contribution in [2.24, 2.45) is 7.05 Å². The fraction of sp³-hybridized carbons (Fsp3) is 0.667. The standard InChI is InChI=1S/C12H22N4O/c1-9(11-13-6-7-16(11)5)14-8-10(17)15-12(2,3)4/h6-7,9,14H,8H2,1-5H3,(H,15,17). The van der Waals surface area contributed by atoms with Crippen LogP contribution in [-0.4, -0.2) is 27.5 Å². The van der Waals surface area contributed by atoms with Crippen LogP contribution in [0.25, 0.3) is 0 Å². The van der Waals surface area contributed by atoms with E-state index in [9.17, 15) is 4.79 Å². The molecule has 5 heteroatoms. The Balaban J connectivity index is 2.41. The summed E-state index contributed by atoms with van der Waals surface area (Å²) in [6.07, 6.45) is 3.64. The minimum absolute atomic E-state index is 0.00133. The number of amides is 1. The maximum absolute atomic E-state index is 11.6. The number of hydrogen-bond donors (Lipinski definition) is 2. The van der Waals surface area contributed by atoms with E-state index < -0.39 is 0 Å². The Morgan fingerprint density at radius 2 is 2.18 bits per heavy atom. The number of nitrogens with zero attached hydrogens (tertiary/aromatic N) is 2. The zero-order valence-electron chi connectivity index (χ0n) is 11.2. The molecule has 0 saturated carbocycles. The van der Waals surface area contributed by atoms with Crippen molar-refractivity contribution in [3.8, 4) is 0 Å². The van der Waals surface area contributed by atoms with Gasteiger partial charge in [0.1, 0.15) is 5.82 Å². The second kappa shape index (κ2) is 5.31. The van der Waals surface area contributed by atoms with E-state index in [1.165, 1.54) is 0 Å². The fourth-order valence-corrected chi connectivity index (χ4v) is 1.59. The van der Waals surface area contributed by atoms with Crippen molar-refractivity contribution in [1.82, 2.24) is 20.2 Å². The van der Waals surface area contributed by atoms with Gasteiger partial charge in [0, 0.05) is 25.0 Å². The SMILES string of the molecule is CC(NCC(=O)NC(C)(C)C)c1nccn1C. The molecule has 0 aliphatic rings. The normalized spacial score (nSPS) is 13.5. The molecule has 0 bridgehead atoms. The van der Waals surface area contributed by atoms with Gasteiger partial charge in [-0.2, -0.15) is 0 Å². The van der Waals surface area contributed by atoms with Crippen molar-refractivity contribution >= 4 is 5.91 Å². The summed E-state index contributed by atoms with van der Waals surface area (Å²) in [5.41, 5.74) is -0.189. The van der Waals surface area contributed by atoms with E-state index in [1.807, 2.05) is 45.5 Å². The van der Waals surface area contributed by atoms with E-state index in [0.717, 1.165) is 5.82 Å². The van der Waals surface area contributed by atoms with Crippen LogP contribution in [0.15, 0.2) is 12.4 Å². The van der Waals surface area contributed by atoms with Gasteiger partial charge in [-0.25, -0.2) is 4.98 Å². The predicted molar refractivity (Wildman–Crippen MR) is 67.5 cm³/mol. The maximum atomic E-state index is 11.6. The topological polar surface area (TPSA) is 59.0 Å². The summed E-state index contributed by atoms with van der Waals surface area (Å²) in [6, 6.07) is 0.0562. The largest absolute Gasteiger partial charge is 0.350 e. The highest BCUT2D eigenvalue weighted by atomic mass is 16.2. The fourth-order valence-electron chi connectivity index (χ4n) is 1.59. The number of aromatic nitrogens is 2. The number of nitrogens with one attached hydrogen (secondary N) is 2. The van der Waals surface area contributed by atoms with Gasteiger partial charge in [0.05, 0.1) is 12.6 Å². The van der Waals surface area contributed by atoms with Gasteiger partial charge in [0.25, 0.3) is 0 Å². The van der Waals surface area contributed by atoms with Crippen LogP contribution in [0.2, 0.25) is 0 Å². The molecule has 0 radical (unpaired) electrons. The highest BCUT2D eigenvalue weighted by molar-refractivity contribution is 5.78. The van der Waals surface area contributed by atoms with Crippen LogP contribution in [0.3, 0.4) is 0 Å². The minimum atomic E-state index is -0.189. The Bertz CT molecular complexity index is 378. The van der Waals surface area contributed by atoms with Crippen molar-refractivity contribution < 1.29 is 4.79 Å². The van der Waals surface area contributed by atoms with E-state index in [-0.39, 0.29) is 17.5 Å². The molecule has 1 atom stereocenters. The van der Waals surface area contributed by atoms with Crippen LogP contribution in [-0.2, 0) is 11.8 Å². The van der Waals surface area contributed by atoms with Crippen molar-refractivity contribution in [3.63, 3.8) is 0 Å². The van der Waals surface area contributed by atoms with Gasteiger partial charge < -0.3 is 9.88 Å². The molecule has 96 valence electrons. The molecular formula is C12H22N4O. The van der Waals surface area contributed by atoms with Crippen molar-refractivity contribution in [1.29, 1.82) is 0 Å². The average Bonchev–Trinajstić information content (AvgIpc) is 2.58. The lowest BCUT2D eigenvalue weighted by Crippen LogP contribution is -2.45. The number of carbonyl (C=O) groups is 1. The van der Waals surface area contributed by atoms with Gasteiger partial charge >= 0.3 is 0 Å². The number of imidazole rings is 1. The highest BCUT2D eigenvalue weighted by Gasteiger charge is 2.15. The molecule has 0 fully saturated rings. The van der Waals surface area contributed by atoms with Gasteiger partial charge in [-0.3, -0.25) is 10.1 Å². The van der Waals surface area contributed by atoms with Gasteiger partial charge in [0.2, 0.25) is 5.91 Å². The zero-order chi connectivity index (χ0) is 13.1. The zero-order valence-corrected chi connectivity index (χ0v) is 11.2. The summed E-state index contributed by atoms with van der Waals surface area (Å²) < 4.78 is 1.94. The molecule has 1 aromatic rings. The van der Waals surface area contributed by atoms with Gasteiger partial charge in [-0.15, -0.1) is 0 Å². The molecule has 1 heterocycles. The van der Waals surface area contributed by atoms with E-state index >= 15 is 0 Å². The smallest absolute Gasteiger partial charge is 0.234 e. The van der Waals surface area contributed by atoms with E-state index in [4.69, 9.17) is 0 Å². The van der Waals surface area contributed by atoms with E-state index in [2.05, 4.69) is 15.6 Å². The lowest BCUT2D eigenvalue weighted by Gasteiger charge is -2.21. The second-order valence-corrected chi connectivity index (χ2v) is 5.30. The molecule has 5 nitrogen and oxygen atoms in total. The molecule has 2 N–H and O–H groups in total. The van der Waals surface area contributed by atoms with Crippen molar-refractivity contribution in [3.05, 3.63) is 18.2 Å². The molecule has 1 rings (SSSR count). The Labute approximate surface area is 103 Å². The van der Waals surface area contributed by atoms with Gasteiger partial charge in [-0.1, -0.05) is 0 Å². The Morgan fingerprint density at radius 1 is 1.53 bits per heavy atom. The molecule has 1 amide bonds. The van der Waals surface area contributed by atoms with Crippen molar-refractivity contribution in [2.45, 2.75) is 39.3 Å². The lowest BCUT2D eigenvalue weighted by molar-refractivity contribution is -0.121. The highest BCUT2D eigenvalue weighted by Crippen LogP contribution is 2.07. The Morgan fingerprint density at radius 3 is 2.65 bits per heavy atom. The number of rotatable bonds is 4. The van der Waals surface area contributed by atoms with Gasteiger partial charge in [0.15, 0.2) is 0 Å². The van der Waals surface area contributed by atoms with Crippen LogP contribution in [0, 0.1) is 0 Å². The average molecular weight is 238 g/mol. The first-order chi connectivity index (χ1) is 7.79. The van der Waals surface area contributed by atoms with Crippen LogP contribution < -0.4 is 10.6 Å². The first-order valence-electron chi connectivity index (χ1n) is 5.81. The molecule has 17 heavy (non-hydrogen) atoms. The summed E-state index contributed by atoms with van der Waals surface area (Å²) in [5, 5.41) is 6.06. The number of hydrogen-bond acceptors (Lipinski definition) is 3. The van der Waals surface area contributed by atoms with Crippen LogP contribution >= 0.6 is 0 Å². The van der Waals surface area contributed by atoms with Crippen LogP contribution in [0.1, 0.15) is 39.6 Å². The maximum Gasteiger partial charge on any atom is 0.234 e. The van der Waals surface area contributed by atoms with E-state index in [0.29, 0.717) is 6.54 Å². The monoisotopic (exact) mass is 238 g/mol. The van der Waals surface area contributed by atoms with E-state index in [1.54, 1.807) is 6.20 Å².